The van der Waals surface area contributed by atoms with Gasteiger partial charge in [0.05, 0.1) is 10.7 Å². The van der Waals surface area contributed by atoms with Crippen molar-refractivity contribution in [2.24, 2.45) is 5.73 Å². The van der Waals surface area contributed by atoms with Crippen LogP contribution in [0.2, 0.25) is 5.02 Å². The average Bonchev–Trinajstić information content (AvgIpc) is 2.34. The van der Waals surface area contributed by atoms with Gasteiger partial charge in [-0.2, -0.15) is 0 Å². The van der Waals surface area contributed by atoms with Gasteiger partial charge in [-0.05, 0) is 24.3 Å². The van der Waals surface area contributed by atoms with Crippen LogP contribution in [0.1, 0.15) is 5.56 Å². The lowest BCUT2D eigenvalue weighted by molar-refractivity contribution is 0.586. The van der Waals surface area contributed by atoms with E-state index in [1.807, 2.05) is 0 Å². The van der Waals surface area contributed by atoms with E-state index in [0.29, 0.717) is 11.3 Å². The molecule has 20 heavy (non-hydrogen) atoms. The number of nitrogens with one attached hydrogen (secondary N) is 1. The first-order valence-corrected chi connectivity index (χ1v) is 6.97. The number of nitrogens with two attached hydrogens (primary N) is 1. The predicted octanol–water partition coefficient (Wildman–Crippen LogP) is 4.76. The Morgan fingerprint density at radius 2 is 1.95 bits per heavy atom. The van der Waals surface area contributed by atoms with Crippen molar-refractivity contribution >= 4 is 56.1 Å². The van der Waals surface area contributed by atoms with E-state index in [4.69, 9.17) is 29.6 Å². The zero-order chi connectivity index (χ0) is 14.9. The fraction of sp³-hybridized carbons (Fsp3) is 0. The fourth-order valence-corrected chi connectivity index (χ4v) is 2.40. The summed E-state index contributed by atoms with van der Waals surface area (Å²) in [6, 6.07) is 6.86. The average molecular weight is 378 g/mol. The van der Waals surface area contributed by atoms with Crippen LogP contribution in [0, 0.1) is 11.6 Å². The molecule has 0 amide bonds. The quantitative estimate of drug-likeness (QED) is 0.758. The fourth-order valence-electron chi connectivity index (χ4n) is 1.63. The van der Waals surface area contributed by atoms with Gasteiger partial charge in [-0.3, -0.25) is 0 Å². The normalized spacial score (nSPS) is 10.4. The molecule has 7 heteroatoms. The maximum Gasteiger partial charge on any atom is 0.151 e. The third-order valence-corrected chi connectivity index (χ3v) is 3.52. The Labute approximate surface area is 133 Å². The van der Waals surface area contributed by atoms with Crippen molar-refractivity contribution in [3.05, 3.63) is 57.0 Å². The number of thiocarbonyl (C=S) groups is 1. The van der Waals surface area contributed by atoms with E-state index in [0.717, 1.165) is 16.6 Å². The van der Waals surface area contributed by atoms with E-state index in [-0.39, 0.29) is 15.7 Å². The van der Waals surface area contributed by atoms with Gasteiger partial charge in [0.25, 0.3) is 0 Å². The molecule has 0 saturated heterocycles. The summed E-state index contributed by atoms with van der Waals surface area (Å²) in [5.41, 5.74) is 6.59. The second-order valence-corrected chi connectivity index (χ2v) is 5.69. The van der Waals surface area contributed by atoms with Crippen LogP contribution in [0.4, 0.5) is 20.2 Å². The molecule has 0 fully saturated rings. The van der Waals surface area contributed by atoms with E-state index in [2.05, 4.69) is 21.2 Å². The molecule has 3 N–H and O–H groups in total. The SMILES string of the molecule is NC(=S)c1cc(Br)ccc1Nc1c(F)cc(F)cc1Cl. The van der Waals surface area contributed by atoms with Gasteiger partial charge in [-0.1, -0.05) is 39.7 Å². The first-order valence-electron chi connectivity index (χ1n) is 5.39. The third kappa shape index (κ3) is 3.26. The van der Waals surface area contributed by atoms with Crippen LogP contribution in [0.5, 0.6) is 0 Å². The Morgan fingerprint density at radius 1 is 1.25 bits per heavy atom. The molecule has 0 aliphatic rings. The van der Waals surface area contributed by atoms with Gasteiger partial charge >= 0.3 is 0 Å². The summed E-state index contributed by atoms with van der Waals surface area (Å²) in [5.74, 6) is -1.55. The van der Waals surface area contributed by atoms with Crippen LogP contribution in [-0.4, -0.2) is 4.99 Å². The molecule has 104 valence electrons. The summed E-state index contributed by atoms with van der Waals surface area (Å²) in [5, 5.41) is 2.71. The molecule has 2 aromatic carbocycles. The highest BCUT2D eigenvalue weighted by Gasteiger charge is 2.13. The number of anilines is 2. The molecular weight excluding hydrogens is 370 g/mol. The Hall–Kier alpha value is -1.24. The molecular formula is C13H8BrClF2N2S. The number of hydrogen-bond donors (Lipinski definition) is 2. The maximum atomic E-state index is 13.7. The van der Waals surface area contributed by atoms with Gasteiger partial charge in [0.15, 0.2) is 5.82 Å². The monoisotopic (exact) mass is 376 g/mol. The second kappa shape index (κ2) is 6.03. The van der Waals surface area contributed by atoms with Crippen LogP contribution < -0.4 is 11.1 Å². The molecule has 0 atom stereocenters. The lowest BCUT2D eigenvalue weighted by Crippen LogP contribution is -2.12. The van der Waals surface area contributed by atoms with Gasteiger partial charge in [-0.15, -0.1) is 0 Å². The van der Waals surface area contributed by atoms with Crippen LogP contribution >= 0.6 is 39.7 Å². The maximum absolute atomic E-state index is 13.7. The van der Waals surface area contributed by atoms with Gasteiger partial charge < -0.3 is 11.1 Å². The van der Waals surface area contributed by atoms with Gasteiger partial charge in [-0.25, -0.2) is 8.78 Å². The van der Waals surface area contributed by atoms with Crippen molar-refractivity contribution < 1.29 is 8.78 Å². The number of benzene rings is 2. The lowest BCUT2D eigenvalue weighted by Gasteiger charge is -2.13. The Bertz CT molecular complexity index is 671. The van der Waals surface area contributed by atoms with Crippen LogP contribution in [-0.2, 0) is 0 Å². The minimum Gasteiger partial charge on any atom is -0.389 e. The van der Waals surface area contributed by atoms with Gasteiger partial charge in [0.2, 0.25) is 0 Å². The van der Waals surface area contributed by atoms with Crippen molar-refractivity contribution in [3.8, 4) is 0 Å². The smallest absolute Gasteiger partial charge is 0.151 e. The summed E-state index contributed by atoms with van der Waals surface area (Å²) in [6.07, 6.45) is 0. The molecule has 0 bridgehead atoms. The molecule has 2 aromatic rings. The first-order chi connectivity index (χ1) is 9.38. The van der Waals surface area contributed by atoms with Crippen LogP contribution in [0.15, 0.2) is 34.8 Å². The molecule has 2 rings (SSSR count). The van der Waals surface area contributed by atoms with E-state index < -0.39 is 11.6 Å². The molecule has 2 nitrogen and oxygen atoms in total. The zero-order valence-electron chi connectivity index (χ0n) is 9.88. The lowest BCUT2D eigenvalue weighted by atomic mass is 10.1. The van der Waals surface area contributed by atoms with Crippen molar-refractivity contribution in [2.75, 3.05) is 5.32 Å². The van der Waals surface area contributed by atoms with Crippen molar-refractivity contribution in [3.63, 3.8) is 0 Å². The Morgan fingerprint density at radius 3 is 2.55 bits per heavy atom. The first kappa shape index (κ1) is 15.2. The van der Waals surface area contributed by atoms with E-state index in [9.17, 15) is 8.78 Å². The summed E-state index contributed by atoms with van der Waals surface area (Å²) < 4.78 is 27.5. The highest BCUT2D eigenvalue weighted by atomic mass is 79.9. The highest BCUT2D eigenvalue weighted by molar-refractivity contribution is 9.10. The Balaban J connectivity index is 2.48. The molecule has 0 aromatic heterocycles. The molecule has 0 unspecified atom stereocenters. The number of hydrogen-bond acceptors (Lipinski definition) is 2. The molecule has 0 saturated carbocycles. The molecule has 0 aliphatic carbocycles. The van der Waals surface area contributed by atoms with E-state index >= 15 is 0 Å². The topological polar surface area (TPSA) is 38.0 Å². The molecule has 0 aliphatic heterocycles. The third-order valence-electron chi connectivity index (χ3n) is 2.51. The standard InChI is InChI=1S/C13H8BrClF2N2S/c14-6-1-2-11(8(3-6)13(18)20)19-12-9(15)4-7(16)5-10(12)17/h1-5,19H,(H2,18,20). The largest absolute Gasteiger partial charge is 0.389 e. The van der Waals surface area contributed by atoms with Gasteiger partial charge in [0.1, 0.15) is 10.8 Å². The van der Waals surface area contributed by atoms with Crippen LogP contribution in [0.25, 0.3) is 0 Å². The van der Waals surface area contributed by atoms with Crippen molar-refractivity contribution in [1.29, 1.82) is 0 Å². The second-order valence-electron chi connectivity index (χ2n) is 3.92. The van der Waals surface area contributed by atoms with Crippen molar-refractivity contribution in [2.45, 2.75) is 0 Å². The van der Waals surface area contributed by atoms with E-state index in [1.165, 1.54) is 0 Å². The van der Waals surface area contributed by atoms with Gasteiger partial charge in [0, 0.05) is 21.8 Å². The predicted molar refractivity (Wildman–Crippen MR) is 84.7 cm³/mol. The summed E-state index contributed by atoms with van der Waals surface area (Å²) in [6.45, 7) is 0. The molecule has 0 heterocycles. The summed E-state index contributed by atoms with van der Waals surface area (Å²) >= 11 is 14.1. The van der Waals surface area contributed by atoms with Crippen molar-refractivity contribution in [1.82, 2.24) is 0 Å². The zero-order valence-corrected chi connectivity index (χ0v) is 13.0. The number of halogens is 4. The minimum absolute atomic E-state index is 0.0344. The molecule has 0 radical (unpaired) electrons. The molecule has 0 spiro atoms. The highest BCUT2D eigenvalue weighted by Crippen LogP contribution is 2.31. The van der Waals surface area contributed by atoms with Crippen LogP contribution in [0.3, 0.4) is 0 Å². The Kier molecular flexibility index (Phi) is 4.57. The van der Waals surface area contributed by atoms with E-state index in [1.54, 1.807) is 18.2 Å². The number of rotatable bonds is 3. The minimum atomic E-state index is -0.799. The summed E-state index contributed by atoms with van der Waals surface area (Å²) in [4.78, 5) is 0.146. The summed E-state index contributed by atoms with van der Waals surface area (Å²) in [7, 11) is 0.